The summed E-state index contributed by atoms with van der Waals surface area (Å²) in [4.78, 5) is 14.7. The third-order valence-electron chi connectivity index (χ3n) is 6.70. The normalized spacial score (nSPS) is 21.2. The summed E-state index contributed by atoms with van der Waals surface area (Å²) in [6.07, 6.45) is -3.44. The number of allylic oxidation sites excluding steroid dienone is 1. The average molecular weight is 462 g/mol. The molecule has 0 saturated heterocycles. The maximum absolute atomic E-state index is 13.5. The summed E-state index contributed by atoms with van der Waals surface area (Å²) in [5.74, 6) is -0.819. The number of fused-ring (bicyclic) bond motifs is 1. The minimum absolute atomic E-state index is 0.0104. The van der Waals surface area contributed by atoms with Crippen LogP contribution >= 0.6 is 0 Å². The van der Waals surface area contributed by atoms with Gasteiger partial charge in [0.15, 0.2) is 6.10 Å². The fraction of sp³-hybridized carbons (Fsp3) is 0.520. The molecule has 3 atom stereocenters. The summed E-state index contributed by atoms with van der Waals surface area (Å²) in [6.45, 7) is 5.20. The maximum Gasteiger partial charge on any atom is 0.416 e. The molecular formula is C25H30F3N3O2. The number of carbonyl (C=O) groups excluding carboxylic acids is 1. The standard InChI is InChI=1S/C25H30F3N3O2/c1-15(2)13-30(14-22(32)25(26,27)28)24(33)19-10-9-17-11-21-20(16(3)23(17)19)12-29-31(21)18-7-5-4-6-8-18/h4-8,12,15-16,19,22,32H,9-11,13-14H2,1-3H3/t16-,19+,22?/m0/s1. The smallest absolute Gasteiger partial charge is 0.382 e. The zero-order valence-electron chi connectivity index (χ0n) is 19.1. The lowest BCUT2D eigenvalue weighted by Gasteiger charge is -2.33. The molecule has 8 heteroatoms. The minimum Gasteiger partial charge on any atom is -0.382 e. The number of aliphatic hydroxyl groups excluding tert-OH is 1. The summed E-state index contributed by atoms with van der Waals surface area (Å²) < 4.78 is 41.0. The van der Waals surface area contributed by atoms with Gasteiger partial charge in [0.2, 0.25) is 5.91 Å². The van der Waals surface area contributed by atoms with Crippen LogP contribution in [0, 0.1) is 11.8 Å². The molecule has 1 heterocycles. The van der Waals surface area contributed by atoms with E-state index in [0.29, 0.717) is 12.8 Å². The predicted octanol–water partition coefficient (Wildman–Crippen LogP) is 4.65. The Hall–Kier alpha value is -2.61. The van der Waals surface area contributed by atoms with Crippen LogP contribution in [0.4, 0.5) is 13.2 Å². The van der Waals surface area contributed by atoms with Gasteiger partial charge < -0.3 is 10.0 Å². The van der Waals surface area contributed by atoms with Crippen LogP contribution in [0.15, 0.2) is 47.7 Å². The Labute approximate surface area is 191 Å². The summed E-state index contributed by atoms with van der Waals surface area (Å²) in [5.41, 5.74) is 5.35. The molecule has 2 aromatic rings. The van der Waals surface area contributed by atoms with E-state index in [1.54, 1.807) is 0 Å². The number of hydrogen-bond acceptors (Lipinski definition) is 3. The van der Waals surface area contributed by atoms with E-state index in [1.165, 1.54) is 10.5 Å². The van der Waals surface area contributed by atoms with Crippen molar-refractivity contribution >= 4 is 5.91 Å². The van der Waals surface area contributed by atoms with E-state index in [4.69, 9.17) is 0 Å². The molecule has 2 aliphatic rings. The fourth-order valence-electron chi connectivity index (χ4n) is 5.23. The lowest BCUT2D eigenvalue weighted by atomic mass is 9.79. The number of amides is 1. The van der Waals surface area contributed by atoms with E-state index >= 15 is 0 Å². The SMILES string of the molecule is CC(C)CN(CC(O)C(F)(F)F)C(=O)[C@@H]1CCC2=C1[C@@H](C)c1cnn(-c3ccccc3)c1C2. The molecule has 0 bridgehead atoms. The van der Waals surface area contributed by atoms with Gasteiger partial charge in [-0.05, 0) is 30.9 Å². The molecule has 4 rings (SSSR count). The number of carbonyl (C=O) groups is 1. The lowest BCUT2D eigenvalue weighted by Crippen LogP contribution is -2.47. The summed E-state index contributed by atoms with van der Waals surface area (Å²) in [7, 11) is 0. The Bertz CT molecular complexity index is 1040. The number of nitrogens with zero attached hydrogens (tertiary/aromatic N) is 3. The van der Waals surface area contributed by atoms with Gasteiger partial charge in [-0.2, -0.15) is 18.3 Å². The van der Waals surface area contributed by atoms with Crippen LogP contribution in [-0.2, 0) is 11.2 Å². The van der Waals surface area contributed by atoms with Gasteiger partial charge in [0.1, 0.15) is 0 Å². The second-order valence-electron chi connectivity index (χ2n) is 9.54. The third-order valence-corrected chi connectivity index (χ3v) is 6.70. The van der Waals surface area contributed by atoms with Crippen LogP contribution < -0.4 is 0 Å². The van der Waals surface area contributed by atoms with Gasteiger partial charge in [-0.1, -0.05) is 50.1 Å². The molecule has 1 aromatic carbocycles. The largest absolute Gasteiger partial charge is 0.416 e. The Morgan fingerprint density at radius 3 is 2.58 bits per heavy atom. The van der Waals surface area contributed by atoms with Crippen LogP contribution in [0.5, 0.6) is 0 Å². The molecule has 2 aliphatic carbocycles. The molecule has 0 saturated carbocycles. The highest BCUT2D eigenvalue weighted by Gasteiger charge is 2.44. The van der Waals surface area contributed by atoms with Crippen molar-refractivity contribution < 1.29 is 23.1 Å². The van der Waals surface area contributed by atoms with E-state index in [1.807, 2.05) is 62.0 Å². The Morgan fingerprint density at radius 2 is 1.94 bits per heavy atom. The van der Waals surface area contributed by atoms with Crippen molar-refractivity contribution in [1.82, 2.24) is 14.7 Å². The first-order valence-corrected chi connectivity index (χ1v) is 11.5. The molecule has 5 nitrogen and oxygen atoms in total. The molecule has 1 N–H and O–H groups in total. The highest BCUT2D eigenvalue weighted by atomic mass is 19.4. The van der Waals surface area contributed by atoms with Gasteiger partial charge in [-0.25, -0.2) is 4.68 Å². The van der Waals surface area contributed by atoms with E-state index in [0.717, 1.165) is 28.9 Å². The summed E-state index contributed by atoms with van der Waals surface area (Å²) in [6, 6.07) is 9.87. The number of aliphatic hydroxyl groups is 1. The Balaban J connectivity index is 1.60. The monoisotopic (exact) mass is 461 g/mol. The quantitative estimate of drug-likeness (QED) is 0.638. The van der Waals surface area contributed by atoms with E-state index in [9.17, 15) is 23.1 Å². The van der Waals surface area contributed by atoms with Gasteiger partial charge in [0.05, 0.1) is 30.0 Å². The molecule has 0 spiro atoms. The maximum atomic E-state index is 13.5. The molecule has 0 aliphatic heterocycles. The van der Waals surface area contributed by atoms with Gasteiger partial charge in [0.25, 0.3) is 0 Å². The van der Waals surface area contributed by atoms with Gasteiger partial charge >= 0.3 is 6.18 Å². The van der Waals surface area contributed by atoms with E-state index in [2.05, 4.69) is 5.10 Å². The predicted molar refractivity (Wildman–Crippen MR) is 119 cm³/mol. The van der Waals surface area contributed by atoms with Crippen LogP contribution in [0.2, 0.25) is 0 Å². The Morgan fingerprint density at radius 1 is 1.24 bits per heavy atom. The van der Waals surface area contributed by atoms with Crippen molar-refractivity contribution in [2.24, 2.45) is 11.8 Å². The molecule has 0 fully saturated rings. The van der Waals surface area contributed by atoms with E-state index < -0.39 is 24.7 Å². The van der Waals surface area contributed by atoms with Crippen molar-refractivity contribution in [3.8, 4) is 5.69 Å². The van der Waals surface area contributed by atoms with E-state index in [-0.39, 0.29) is 24.3 Å². The average Bonchev–Trinajstić information content (AvgIpc) is 3.37. The van der Waals surface area contributed by atoms with Crippen molar-refractivity contribution in [3.05, 3.63) is 58.9 Å². The Kier molecular flexibility index (Phi) is 6.40. The molecule has 0 radical (unpaired) electrons. The number of benzene rings is 1. The highest BCUT2D eigenvalue weighted by Crippen LogP contribution is 2.47. The van der Waals surface area contributed by atoms with Crippen LogP contribution in [0.1, 0.15) is 50.8 Å². The number of alkyl halides is 3. The molecule has 1 aromatic heterocycles. The van der Waals surface area contributed by atoms with Crippen molar-refractivity contribution in [2.75, 3.05) is 13.1 Å². The topological polar surface area (TPSA) is 58.4 Å². The number of para-hydroxylation sites is 1. The van der Waals surface area contributed by atoms with Gasteiger partial charge in [-0.3, -0.25) is 4.79 Å². The van der Waals surface area contributed by atoms with Crippen molar-refractivity contribution in [3.63, 3.8) is 0 Å². The molecule has 1 unspecified atom stereocenters. The zero-order chi connectivity index (χ0) is 23.9. The zero-order valence-corrected chi connectivity index (χ0v) is 19.1. The van der Waals surface area contributed by atoms with Crippen molar-refractivity contribution in [1.29, 1.82) is 0 Å². The number of hydrogen-bond donors (Lipinski definition) is 1. The van der Waals surface area contributed by atoms with Crippen LogP contribution in [0.25, 0.3) is 5.69 Å². The number of aromatic nitrogens is 2. The van der Waals surface area contributed by atoms with Crippen LogP contribution in [0.3, 0.4) is 0 Å². The summed E-state index contributed by atoms with van der Waals surface area (Å²) >= 11 is 0. The molecule has 178 valence electrons. The molecular weight excluding hydrogens is 431 g/mol. The first-order chi connectivity index (χ1) is 15.6. The highest BCUT2D eigenvalue weighted by molar-refractivity contribution is 5.83. The molecule has 1 amide bonds. The second-order valence-corrected chi connectivity index (χ2v) is 9.54. The number of halogens is 3. The first-order valence-electron chi connectivity index (χ1n) is 11.5. The van der Waals surface area contributed by atoms with Crippen LogP contribution in [-0.4, -0.2) is 51.1 Å². The first kappa shape index (κ1) is 23.5. The van der Waals surface area contributed by atoms with Crippen molar-refractivity contribution in [2.45, 2.75) is 58.2 Å². The van der Waals surface area contributed by atoms with Gasteiger partial charge in [0, 0.05) is 24.4 Å². The fourth-order valence-corrected chi connectivity index (χ4v) is 5.23. The summed E-state index contributed by atoms with van der Waals surface area (Å²) in [5, 5.41) is 14.2. The van der Waals surface area contributed by atoms with Gasteiger partial charge in [-0.15, -0.1) is 0 Å². The second kappa shape index (κ2) is 8.97. The minimum atomic E-state index is -4.76. The lowest BCUT2D eigenvalue weighted by molar-refractivity contribution is -0.208. The number of rotatable bonds is 6. The molecule has 33 heavy (non-hydrogen) atoms. The third kappa shape index (κ3) is 4.58.